The Morgan fingerprint density at radius 2 is 1.85 bits per heavy atom. The molecule has 1 saturated heterocycles. The molecule has 1 fully saturated rings. The summed E-state index contributed by atoms with van der Waals surface area (Å²) in [6.45, 7) is 4.69. The molecule has 1 aromatic heterocycles. The van der Waals surface area contributed by atoms with E-state index in [0.29, 0.717) is 25.3 Å². The number of hydrogen-bond acceptors (Lipinski definition) is 7. The minimum Gasteiger partial charge on any atom is -0.404 e. The van der Waals surface area contributed by atoms with Gasteiger partial charge in [0.1, 0.15) is 5.69 Å². The number of nitrogens with two attached hydrogens (primary N) is 1. The topological polar surface area (TPSA) is 129 Å². The first-order valence-corrected chi connectivity index (χ1v) is 10.9. The molecule has 3 rings (SSSR count). The number of H-pyrrole nitrogens is 1. The van der Waals surface area contributed by atoms with E-state index in [4.69, 9.17) is 5.73 Å². The number of carbonyl (C=O) groups excluding carboxylic acids is 1. The lowest BCUT2D eigenvalue weighted by atomic mass is 10.2. The van der Waals surface area contributed by atoms with E-state index in [-0.39, 0.29) is 11.6 Å². The van der Waals surface area contributed by atoms with Gasteiger partial charge in [0.15, 0.2) is 5.75 Å². The van der Waals surface area contributed by atoms with Crippen molar-refractivity contribution >= 4 is 23.4 Å². The zero-order valence-electron chi connectivity index (χ0n) is 18.5. The van der Waals surface area contributed by atoms with E-state index in [0.717, 1.165) is 45.0 Å². The van der Waals surface area contributed by atoms with E-state index in [1.54, 1.807) is 0 Å². The smallest absolute Gasteiger partial charge is 0.404 e. The third-order valence-corrected chi connectivity index (χ3v) is 5.26. The summed E-state index contributed by atoms with van der Waals surface area (Å²) in [5, 5.41) is 4.55. The summed E-state index contributed by atoms with van der Waals surface area (Å²) in [7, 11) is 0. The average Bonchev–Trinajstić information content (AvgIpc) is 2.78. The van der Waals surface area contributed by atoms with Crippen LogP contribution in [0.2, 0.25) is 0 Å². The third-order valence-electron chi connectivity index (χ3n) is 5.26. The van der Waals surface area contributed by atoms with Crippen molar-refractivity contribution in [2.24, 2.45) is 5.73 Å². The van der Waals surface area contributed by atoms with Gasteiger partial charge in [-0.15, -0.1) is 13.2 Å². The number of urea groups is 1. The number of rotatable bonds is 9. The van der Waals surface area contributed by atoms with Gasteiger partial charge < -0.3 is 25.7 Å². The first-order chi connectivity index (χ1) is 16.2. The number of halogens is 3. The molecule has 0 unspecified atom stereocenters. The number of piperazine rings is 1. The Labute approximate surface area is 194 Å². The summed E-state index contributed by atoms with van der Waals surface area (Å²) in [6, 6.07) is 4.20. The quantitative estimate of drug-likeness (QED) is 0.404. The number of unbranched alkanes of at least 4 members (excludes halogenated alkanes) is 2. The van der Waals surface area contributed by atoms with Crippen LogP contribution in [0.15, 0.2) is 35.3 Å². The van der Waals surface area contributed by atoms with Crippen molar-refractivity contribution < 1.29 is 22.7 Å². The number of nitrogens with zero attached hydrogens (tertiary/aromatic N) is 3. The van der Waals surface area contributed by atoms with E-state index >= 15 is 0 Å². The van der Waals surface area contributed by atoms with Crippen LogP contribution >= 0.6 is 0 Å². The van der Waals surface area contributed by atoms with Crippen molar-refractivity contribution in [3.63, 3.8) is 0 Å². The minimum atomic E-state index is -4.91. The fourth-order valence-corrected chi connectivity index (χ4v) is 3.59. The molecule has 10 nitrogen and oxygen atoms in total. The summed E-state index contributed by atoms with van der Waals surface area (Å²) in [5.74, 6) is -0.709. The predicted molar refractivity (Wildman–Crippen MR) is 122 cm³/mol. The maximum absolute atomic E-state index is 12.5. The van der Waals surface area contributed by atoms with Crippen LogP contribution in [0, 0.1) is 0 Å². The summed E-state index contributed by atoms with van der Waals surface area (Å²) in [6.07, 6.45) is -0.236. The van der Waals surface area contributed by atoms with Crippen LogP contribution in [0.4, 0.5) is 35.3 Å². The molecule has 0 bridgehead atoms. The highest BCUT2D eigenvalue weighted by Gasteiger charge is 2.32. The Bertz CT molecular complexity index is 1010. The normalized spacial score (nSPS) is 14.6. The predicted octanol–water partition coefficient (Wildman–Crippen LogP) is 2.56. The lowest BCUT2D eigenvalue weighted by Crippen LogP contribution is -2.48. The highest BCUT2D eigenvalue weighted by molar-refractivity contribution is 5.99. The molecule has 186 valence electrons. The maximum Gasteiger partial charge on any atom is 0.573 e. The monoisotopic (exact) mass is 483 g/mol. The summed E-state index contributed by atoms with van der Waals surface area (Å²) < 4.78 is 41.5. The number of carbonyl (C=O) groups is 1. The molecule has 2 aromatic rings. The Kier molecular flexibility index (Phi) is 8.71. The molecule has 5 N–H and O–H groups in total. The Morgan fingerprint density at radius 1 is 1.12 bits per heavy atom. The van der Waals surface area contributed by atoms with E-state index in [1.807, 2.05) is 4.90 Å². The fourth-order valence-electron chi connectivity index (χ4n) is 3.59. The summed E-state index contributed by atoms with van der Waals surface area (Å²) in [4.78, 5) is 35.6. The number of nitrogens with one attached hydrogen (secondary N) is 3. The van der Waals surface area contributed by atoms with E-state index in [2.05, 4.69) is 30.2 Å². The number of amides is 2. The molecule has 2 amide bonds. The van der Waals surface area contributed by atoms with Gasteiger partial charge in [-0.25, -0.2) is 4.79 Å². The van der Waals surface area contributed by atoms with Gasteiger partial charge in [-0.1, -0.05) is 18.6 Å². The number of ether oxygens (including phenoxy) is 1. The van der Waals surface area contributed by atoms with Crippen molar-refractivity contribution in [2.75, 3.05) is 54.8 Å². The molecule has 1 aliphatic rings. The van der Waals surface area contributed by atoms with Gasteiger partial charge in [-0.3, -0.25) is 15.0 Å². The Balaban J connectivity index is 1.54. The maximum atomic E-state index is 12.5. The molecule has 0 aliphatic carbocycles. The lowest BCUT2D eigenvalue weighted by molar-refractivity contribution is -0.274. The Hall–Kier alpha value is -3.32. The molecular weight excluding hydrogens is 455 g/mol. The zero-order chi connectivity index (χ0) is 24.6. The first-order valence-electron chi connectivity index (χ1n) is 10.9. The number of anilines is 3. The molecule has 13 heteroatoms. The van der Waals surface area contributed by atoms with Crippen molar-refractivity contribution in [1.29, 1.82) is 0 Å². The van der Waals surface area contributed by atoms with Gasteiger partial charge in [0.05, 0.1) is 5.69 Å². The summed E-state index contributed by atoms with van der Waals surface area (Å²) in [5.41, 5.74) is 5.18. The molecule has 1 aliphatic heterocycles. The highest BCUT2D eigenvalue weighted by atomic mass is 19.4. The van der Waals surface area contributed by atoms with Gasteiger partial charge in [0.2, 0.25) is 5.95 Å². The van der Waals surface area contributed by atoms with Gasteiger partial charge in [0, 0.05) is 32.4 Å². The van der Waals surface area contributed by atoms with Crippen LogP contribution in [0.25, 0.3) is 0 Å². The standard InChI is InChI=1S/C21H28F3N7O3/c22-21(23,24)34-17-7-3-2-6-15(17)27-20(33)29-19-26-14-16(18(32)28-19)31-12-10-30(11-13-31)9-5-1-4-8-25/h2-3,6-7,14H,1,4-5,8-13,25H2,(H3,26,27,28,29,32,33). The molecule has 0 atom stereocenters. The SMILES string of the molecule is NCCCCCN1CCN(c2c[nH]c(NC(=O)Nc3ccccc3OC(F)(F)F)nc2=O)CC1. The van der Waals surface area contributed by atoms with Crippen LogP contribution in [-0.2, 0) is 0 Å². The Morgan fingerprint density at radius 3 is 2.53 bits per heavy atom. The van der Waals surface area contributed by atoms with Crippen molar-refractivity contribution in [2.45, 2.75) is 25.6 Å². The average molecular weight is 483 g/mol. The molecule has 1 aromatic carbocycles. The summed E-state index contributed by atoms with van der Waals surface area (Å²) >= 11 is 0. The first kappa shape index (κ1) is 25.3. The molecular formula is C21H28F3N7O3. The van der Waals surface area contributed by atoms with Crippen LogP contribution < -0.4 is 31.6 Å². The van der Waals surface area contributed by atoms with Crippen molar-refractivity contribution in [1.82, 2.24) is 14.9 Å². The number of alkyl halides is 3. The van der Waals surface area contributed by atoms with Crippen molar-refractivity contribution in [3.8, 4) is 5.75 Å². The third kappa shape index (κ3) is 7.63. The fraction of sp³-hybridized carbons (Fsp3) is 0.476. The molecule has 2 heterocycles. The van der Waals surface area contributed by atoms with Crippen molar-refractivity contribution in [3.05, 3.63) is 40.8 Å². The highest BCUT2D eigenvalue weighted by Crippen LogP contribution is 2.29. The minimum absolute atomic E-state index is 0.140. The van der Waals surface area contributed by atoms with Crippen LogP contribution in [-0.4, -0.2) is 66.5 Å². The second kappa shape index (κ2) is 11.7. The van der Waals surface area contributed by atoms with Gasteiger partial charge >= 0.3 is 12.4 Å². The lowest BCUT2D eigenvalue weighted by Gasteiger charge is -2.35. The van der Waals surface area contributed by atoms with E-state index < -0.39 is 23.7 Å². The number of para-hydroxylation sites is 2. The second-order valence-corrected chi connectivity index (χ2v) is 7.74. The van der Waals surface area contributed by atoms with Gasteiger partial charge in [0.25, 0.3) is 5.56 Å². The number of aromatic nitrogens is 2. The van der Waals surface area contributed by atoms with Gasteiger partial charge in [-0.05, 0) is 38.1 Å². The number of aromatic amines is 1. The zero-order valence-corrected chi connectivity index (χ0v) is 18.5. The number of hydrogen-bond donors (Lipinski definition) is 4. The van der Waals surface area contributed by atoms with Gasteiger partial charge in [-0.2, -0.15) is 4.98 Å². The molecule has 0 saturated carbocycles. The molecule has 0 spiro atoms. The molecule has 0 radical (unpaired) electrons. The largest absolute Gasteiger partial charge is 0.573 e. The van der Waals surface area contributed by atoms with Crippen LogP contribution in [0.5, 0.6) is 5.75 Å². The second-order valence-electron chi connectivity index (χ2n) is 7.74. The van der Waals surface area contributed by atoms with E-state index in [9.17, 15) is 22.8 Å². The van der Waals surface area contributed by atoms with Crippen LogP contribution in [0.1, 0.15) is 19.3 Å². The van der Waals surface area contributed by atoms with Crippen LogP contribution in [0.3, 0.4) is 0 Å². The molecule has 34 heavy (non-hydrogen) atoms. The van der Waals surface area contributed by atoms with E-state index in [1.165, 1.54) is 24.4 Å². The number of benzene rings is 1.